The van der Waals surface area contributed by atoms with Crippen molar-refractivity contribution in [1.29, 1.82) is 0 Å². The number of para-hydroxylation sites is 2. The number of hydrogen-bond acceptors (Lipinski definition) is 7. The SMILES string of the molecule is O=C1N[C@@H]2C[C@H](c3c1ccc(OC(F)F)c3-c1ccnc(C34CCC(CON3)C4)n1)n1c2nc2ccccc21. The third-order valence-electron chi connectivity index (χ3n) is 8.55. The van der Waals surface area contributed by atoms with Crippen LogP contribution in [0.15, 0.2) is 48.7 Å². The van der Waals surface area contributed by atoms with E-state index in [9.17, 15) is 13.6 Å². The van der Waals surface area contributed by atoms with E-state index in [1.165, 1.54) is 6.07 Å². The van der Waals surface area contributed by atoms with Crippen LogP contribution in [0.4, 0.5) is 8.78 Å². The normalized spacial score (nSPS) is 26.8. The van der Waals surface area contributed by atoms with E-state index in [0.717, 1.165) is 36.1 Å². The van der Waals surface area contributed by atoms with Crippen molar-refractivity contribution in [2.24, 2.45) is 5.92 Å². The molecule has 2 aromatic heterocycles. The predicted octanol–water partition coefficient (Wildman–Crippen LogP) is 4.40. The molecule has 2 aromatic carbocycles. The summed E-state index contributed by atoms with van der Waals surface area (Å²) in [6.07, 6.45) is 4.80. The maximum absolute atomic E-state index is 13.7. The van der Waals surface area contributed by atoms with Crippen LogP contribution in [0.3, 0.4) is 0 Å². The Hall–Kier alpha value is -3.96. The number of carbonyl (C=O) groups excluding carboxylic acids is 1. The van der Waals surface area contributed by atoms with Crippen LogP contribution < -0.4 is 15.5 Å². The molecule has 1 amide bonds. The number of aromatic nitrogens is 4. The summed E-state index contributed by atoms with van der Waals surface area (Å²) in [6, 6.07) is 11.8. The number of nitrogens with zero attached hydrogens (tertiary/aromatic N) is 4. The van der Waals surface area contributed by atoms with E-state index in [0.29, 0.717) is 47.2 Å². The Balaban J connectivity index is 1.37. The van der Waals surface area contributed by atoms with Gasteiger partial charge >= 0.3 is 6.61 Å². The van der Waals surface area contributed by atoms with E-state index < -0.39 is 12.2 Å². The number of nitrogens with one attached hydrogen (secondary N) is 2. The van der Waals surface area contributed by atoms with E-state index in [4.69, 9.17) is 19.5 Å². The van der Waals surface area contributed by atoms with Crippen molar-refractivity contribution in [2.45, 2.75) is 49.9 Å². The number of amides is 1. The van der Waals surface area contributed by atoms with Crippen LogP contribution in [-0.4, -0.2) is 38.6 Å². The maximum atomic E-state index is 13.7. The number of hydroxylamine groups is 1. The van der Waals surface area contributed by atoms with Crippen LogP contribution in [0.5, 0.6) is 5.75 Å². The molecule has 4 bridgehead atoms. The molecule has 8 rings (SSSR count). The van der Waals surface area contributed by atoms with Gasteiger partial charge in [0.2, 0.25) is 0 Å². The number of ether oxygens (including phenoxy) is 1. The zero-order valence-electron chi connectivity index (χ0n) is 20.7. The molecule has 0 radical (unpaired) electrons. The molecule has 2 fully saturated rings. The third-order valence-corrected chi connectivity index (χ3v) is 8.55. The zero-order valence-corrected chi connectivity index (χ0v) is 20.7. The van der Waals surface area contributed by atoms with Crippen molar-refractivity contribution >= 4 is 16.9 Å². The molecule has 39 heavy (non-hydrogen) atoms. The van der Waals surface area contributed by atoms with Crippen molar-refractivity contribution in [2.75, 3.05) is 6.61 Å². The molecule has 4 aliphatic rings. The number of benzene rings is 2. The van der Waals surface area contributed by atoms with E-state index in [2.05, 4.69) is 20.3 Å². The smallest absolute Gasteiger partial charge is 0.387 e. The fourth-order valence-corrected chi connectivity index (χ4v) is 6.94. The molecule has 11 heteroatoms. The summed E-state index contributed by atoms with van der Waals surface area (Å²) in [5.74, 6) is 1.38. The molecule has 2 N–H and O–H groups in total. The Morgan fingerprint density at radius 3 is 2.95 bits per heavy atom. The summed E-state index contributed by atoms with van der Waals surface area (Å²) >= 11 is 0. The molecule has 198 valence electrons. The van der Waals surface area contributed by atoms with Crippen LogP contribution in [0, 0.1) is 5.92 Å². The quantitative estimate of drug-likeness (QED) is 0.403. The molecule has 5 heterocycles. The number of carbonyl (C=O) groups is 1. The summed E-state index contributed by atoms with van der Waals surface area (Å²) in [6.45, 7) is -2.41. The highest BCUT2D eigenvalue weighted by molar-refractivity contribution is 6.00. The highest BCUT2D eigenvalue weighted by Gasteiger charge is 2.47. The van der Waals surface area contributed by atoms with Gasteiger partial charge in [0.25, 0.3) is 5.91 Å². The Bertz CT molecular complexity index is 1650. The van der Waals surface area contributed by atoms with Gasteiger partial charge in [0.15, 0.2) is 5.82 Å². The second-order valence-corrected chi connectivity index (χ2v) is 10.8. The fraction of sp³-hybridized carbons (Fsp3) is 0.357. The Labute approximate surface area is 221 Å². The van der Waals surface area contributed by atoms with Gasteiger partial charge in [0.05, 0.1) is 35.4 Å². The van der Waals surface area contributed by atoms with Gasteiger partial charge < -0.3 is 19.5 Å². The van der Waals surface area contributed by atoms with Gasteiger partial charge in [-0.25, -0.2) is 15.0 Å². The Kier molecular flexibility index (Phi) is 4.87. The average molecular weight is 531 g/mol. The van der Waals surface area contributed by atoms with E-state index >= 15 is 0 Å². The molecule has 4 atom stereocenters. The van der Waals surface area contributed by atoms with Gasteiger partial charge in [-0.2, -0.15) is 14.3 Å². The molecule has 4 aromatic rings. The van der Waals surface area contributed by atoms with Crippen molar-refractivity contribution in [3.63, 3.8) is 0 Å². The standard InChI is InChI=1S/C28H24F2N6O3/c29-27(30)39-21-6-5-15-22(20-11-18(33-25(15)37)24-32-16-3-1-2-4-19(16)36(20)24)23(21)17-8-10-31-26(34-17)28-9-7-14(12-28)13-38-35-28/h1-6,8,10,14,18,20,27,35H,7,9,11-13H2,(H,33,37)/t14?,18-,20-,28?/m1/s1. The molecule has 2 unspecified atom stereocenters. The molecule has 1 aliphatic carbocycles. The second-order valence-electron chi connectivity index (χ2n) is 10.8. The molecule has 9 nitrogen and oxygen atoms in total. The lowest BCUT2D eigenvalue weighted by Crippen LogP contribution is -2.45. The summed E-state index contributed by atoms with van der Waals surface area (Å²) in [7, 11) is 0. The van der Waals surface area contributed by atoms with Crippen LogP contribution >= 0.6 is 0 Å². The lowest BCUT2D eigenvalue weighted by atomic mass is 9.90. The number of imidazole rings is 1. The van der Waals surface area contributed by atoms with Gasteiger partial charge in [-0.05, 0) is 61.9 Å². The summed E-state index contributed by atoms with van der Waals surface area (Å²) in [5.41, 5.74) is 6.11. The fourth-order valence-electron chi connectivity index (χ4n) is 6.94. The molecule has 1 saturated carbocycles. The largest absolute Gasteiger partial charge is 0.434 e. The third kappa shape index (κ3) is 3.36. The van der Waals surface area contributed by atoms with Crippen molar-refractivity contribution in [3.8, 4) is 17.0 Å². The maximum Gasteiger partial charge on any atom is 0.387 e. The predicted molar refractivity (Wildman–Crippen MR) is 135 cm³/mol. The molecule has 1 saturated heterocycles. The van der Waals surface area contributed by atoms with Gasteiger partial charge in [-0.3, -0.25) is 4.79 Å². The zero-order chi connectivity index (χ0) is 26.3. The summed E-state index contributed by atoms with van der Waals surface area (Å²) < 4.78 is 34.6. The Morgan fingerprint density at radius 2 is 2.05 bits per heavy atom. The van der Waals surface area contributed by atoms with Crippen molar-refractivity contribution in [1.82, 2.24) is 30.3 Å². The van der Waals surface area contributed by atoms with E-state index in [1.54, 1.807) is 18.3 Å². The first kappa shape index (κ1) is 23.0. The highest BCUT2D eigenvalue weighted by Crippen LogP contribution is 2.50. The van der Waals surface area contributed by atoms with E-state index in [1.807, 2.05) is 24.3 Å². The molecule has 3 aliphatic heterocycles. The summed E-state index contributed by atoms with van der Waals surface area (Å²) in [4.78, 5) is 33.4. The first-order chi connectivity index (χ1) is 19.0. The minimum absolute atomic E-state index is 0.0350. The lowest BCUT2D eigenvalue weighted by Gasteiger charge is -2.32. The lowest BCUT2D eigenvalue weighted by molar-refractivity contribution is -0.0691. The van der Waals surface area contributed by atoms with Crippen LogP contribution in [-0.2, 0) is 10.4 Å². The minimum Gasteiger partial charge on any atom is -0.434 e. The first-order valence-corrected chi connectivity index (χ1v) is 13.1. The van der Waals surface area contributed by atoms with Gasteiger partial charge in [0, 0.05) is 22.9 Å². The van der Waals surface area contributed by atoms with Crippen LogP contribution in [0.2, 0.25) is 0 Å². The second kappa shape index (κ2) is 8.27. The molecular weight excluding hydrogens is 506 g/mol. The van der Waals surface area contributed by atoms with Crippen LogP contribution in [0.25, 0.3) is 22.3 Å². The molecule has 0 spiro atoms. The minimum atomic E-state index is -3.05. The Morgan fingerprint density at radius 1 is 1.15 bits per heavy atom. The summed E-state index contributed by atoms with van der Waals surface area (Å²) in [5, 5.41) is 3.10. The van der Waals surface area contributed by atoms with Crippen LogP contribution in [0.1, 0.15) is 65.3 Å². The van der Waals surface area contributed by atoms with Gasteiger partial charge in [-0.15, -0.1) is 0 Å². The monoisotopic (exact) mass is 530 g/mol. The van der Waals surface area contributed by atoms with Crippen molar-refractivity contribution < 1.29 is 23.1 Å². The van der Waals surface area contributed by atoms with Gasteiger partial charge in [0.1, 0.15) is 17.1 Å². The number of halogens is 2. The first-order valence-electron chi connectivity index (χ1n) is 13.1. The number of hydrogen-bond donors (Lipinski definition) is 2. The van der Waals surface area contributed by atoms with E-state index in [-0.39, 0.29) is 23.7 Å². The number of rotatable bonds is 4. The topological polar surface area (TPSA) is 103 Å². The number of alkyl halides is 2. The average Bonchev–Trinajstić information content (AvgIpc) is 3.55. The molecular formula is C28H24F2N6O3. The highest BCUT2D eigenvalue weighted by atomic mass is 19.3. The van der Waals surface area contributed by atoms with Crippen molar-refractivity contribution in [3.05, 3.63) is 71.4 Å². The van der Waals surface area contributed by atoms with Gasteiger partial charge in [-0.1, -0.05) is 12.1 Å². The number of fused-ring (bicyclic) bond motifs is 11.